The van der Waals surface area contributed by atoms with Crippen molar-refractivity contribution in [2.24, 2.45) is 0 Å². The molecule has 0 aliphatic rings. The first-order valence-corrected chi connectivity index (χ1v) is 7.98. The molecule has 0 spiro atoms. The summed E-state index contributed by atoms with van der Waals surface area (Å²) < 4.78 is 10.7. The molecule has 6 nitrogen and oxygen atoms in total. The maximum absolute atomic E-state index is 12.5. The van der Waals surface area contributed by atoms with Crippen molar-refractivity contribution in [2.75, 3.05) is 13.2 Å². The summed E-state index contributed by atoms with van der Waals surface area (Å²) in [5, 5.41) is 11.5. The first-order valence-electron chi connectivity index (χ1n) is 7.98. The molecule has 0 aliphatic heterocycles. The van der Waals surface area contributed by atoms with Crippen LogP contribution in [0.15, 0.2) is 54.6 Å². The van der Waals surface area contributed by atoms with Gasteiger partial charge in [0, 0.05) is 13.2 Å². The summed E-state index contributed by atoms with van der Waals surface area (Å²) in [6, 6.07) is 16.2. The number of amides is 1. The lowest BCUT2D eigenvalue weighted by atomic mass is 10.1. The highest BCUT2D eigenvalue weighted by atomic mass is 16.5. The Morgan fingerprint density at radius 2 is 1.88 bits per heavy atom. The van der Waals surface area contributed by atoms with Gasteiger partial charge in [0.25, 0.3) is 5.91 Å². The van der Waals surface area contributed by atoms with Crippen molar-refractivity contribution >= 4 is 11.9 Å². The van der Waals surface area contributed by atoms with Gasteiger partial charge < -0.3 is 19.9 Å². The Kier molecular flexibility index (Phi) is 6.98. The van der Waals surface area contributed by atoms with Gasteiger partial charge in [0.1, 0.15) is 5.75 Å². The van der Waals surface area contributed by atoms with E-state index in [1.54, 1.807) is 18.2 Å². The van der Waals surface area contributed by atoms with Gasteiger partial charge in [0.05, 0.1) is 0 Å². The summed E-state index contributed by atoms with van der Waals surface area (Å²) in [5.74, 6) is -0.829. The topological polar surface area (TPSA) is 84.9 Å². The number of ether oxygens (including phenoxy) is 2. The van der Waals surface area contributed by atoms with Crippen molar-refractivity contribution in [1.82, 2.24) is 5.32 Å². The molecule has 2 aromatic rings. The van der Waals surface area contributed by atoms with Crippen LogP contribution in [0.1, 0.15) is 24.2 Å². The predicted octanol–water partition coefficient (Wildman–Crippen LogP) is 2.54. The zero-order valence-corrected chi connectivity index (χ0v) is 14.0. The van der Waals surface area contributed by atoms with Crippen LogP contribution in [0, 0.1) is 0 Å². The fraction of sp³-hybridized carbons (Fsp3) is 0.263. The molecule has 0 heterocycles. The van der Waals surface area contributed by atoms with Crippen LogP contribution in [0.4, 0.5) is 0 Å². The number of benzene rings is 2. The molecule has 1 unspecified atom stereocenters. The van der Waals surface area contributed by atoms with E-state index in [1.807, 2.05) is 43.3 Å². The molecule has 2 rings (SSSR count). The van der Waals surface area contributed by atoms with E-state index in [0.717, 1.165) is 11.1 Å². The average Bonchev–Trinajstić information content (AvgIpc) is 2.63. The van der Waals surface area contributed by atoms with E-state index >= 15 is 0 Å². The summed E-state index contributed by atoms with van der Waals surface area (Å²) in [6.45, 7) is 2.15. The highest BCUT2D eigenvalue weighted by Gasteiger charge is 2.20. The molecule has 1 atom stereocenters. The molecule has 0 fully saturated rings. The number of carboxylic acids is 1. The second-order valence-electron chi connectivity index (χ2n) is 5.29. The third kappa shape index (κ3) is 5.93. The zero-order valence-electron chi connectivity index (χ0n) is 14.0. The summed E-state index contributed by atoms with van der Waals surface area (Å²) in [5.41, 5.74) is 1.60. The lowest BCUT2D eigenvalue weighted by Crippen LogP contribution is -2.30. The minimum absolute atomic E-state index is 0.232. The van der Waals surface area contributed by atoms with Gasteiger partial charge in [-0.15, -0.1) is 0 Å². The molecule has 2 aromatic carbocycles. The van der Waals surface area contributed by atoms with Crippen molar-refractivity contribution in [3.05, 3.63) is 65.7 Å². The summed E-state index contributed by atoms with van der Waals surface area (Å²) in [7, 11) is 0. The molecule has 25 heavy (non-hydrogen) atoms. The van der Waals surface area contributed by atoms with Crippen molar-refractivity contribution in [3.8, 4) is 5.75 Å². The monoisotopic (exact) mass is 343 g/mol. The van der Waals surface area contributed by atoms with Crippen LogP contribution in [0.5, 0.6) is 5.75 Å². The fourth-order valence-electron chi connectivity index (χ4n) is 2.29. The molecular formula is C19H21NO5. The van der Waals surface area contributed by atoms with Gasteiger partial charge in [0.15, 0.2) is 12.7 Å². The maximum Gasteiger partial charge on any atom is 0.341 e. The Balaban J connectivity index is 1.98. The highest BCUT2D eigenvalue weighted by Crippen LogP contribution is 2.18. The smallest absolute Gasteiger partial charge is 0.341 e. The Bertz CT molecular complexity index is 702. The molecule has 132 valence electrons. The number of rotatable bonds is 9. The van der Waals surface area contributed by atoms with Gasteiger partial charge in [0.2, 0.25) is 0 Å². The van der Waals surface area contributed by atoms with Crippen LogP contribution in [0.25, 0.3) is 0 Å². The van der Waals surface area contributed by atoms with E-state index in [2.05, 4.69) is 5.32 Å². The number of hydrogen-bond donors (Lipinski definition) is 2. The van der Waals surface area contributed by atoms with E-state index in [-0.39, 0.29) is 5.91 Å². The van der Waals surface area contributed by atoms with Gasteiger partial charge in [-0.1, -0.05) is 42.5 Å². The lowest BCUT2D eigenvalue weighted by Gasteiger charge is -2.17. The fourth-order valence-corrected chi connectivity index (χ4v) is 2.29. The van der Waals surface area contributed by atoms with Gasteiger partial charge in [-0.2, -0.15) is 0 Å². The molecular weight excluding hydrogens is 322 g/mol. The van der Waals surface area contributed by atoms with E-state index in [9.17, 15) is 9.59 Å². The van der Waals surface area contributed by atoms with Crippen molar-refractivity contribution in [2.45, 2.75) is 19.6 Å². The van der Waals surface area contributed by atoms with E-state index in [0.29, 0.717) is 18.9 Å². The molecule has 2 N–H and O–H groups in total. The van der Waals surface area contributed by atoms with Crippen molar-refractivity contribution in [3.63, 3.8) is 0 Å². The van der Waals surface area contributed by atoms with Crippen LogP contribution in [-0.4, -0.2) is 30.2 Å². The molecule has 0 aliphatic carbocycles. The van der Waals surface area contributed by atoms with E-state index in [1.165, 1.54) is 0 Å². The van der Waals surface area contributed by atoms with E-state index in [4.69, 9.17) is 14.6 Å². The van der Waals surface area contributed by atoms with Gasteiger partial charge in [-0.3, -0.25) is 4.79 Å². The largest absolute Gasteiger partial charge is 0.482 e. The number of hydrogen-bond acceptors (Lipinski definition) is 4. The molecule has 0 saturated carbocycles. The Morgan fingerprint density at radius 1 is 1.12 bits per heavy atom. The van der Waals surface area contributed by atoms with Gasteiger partial charge >= 0.3 is 5.97 Å². The SMILES string of the molecule is CCOC(C(=O)NCc1cccc(OCC(=O)O)c1)c1ccccc1. The summed E-state index contributed by atoms with van der Waals surface area (Å²) >= 11 is 0. The van der Waals surface area contributed by atoms with Gasteiger partial charge in [-0.05, 0) is 30.2 Å². The molecule has 0 saturated heterocycles. The average molecular weight is 343 g/mol. The number of carbonyl (C=O) groups is 2. The minimum atomic E-state index is -1.04. The van der Waals surface area contributed by atoms with Crippen LogP contribution in [-0.2, 0) is 20.9 Å². The number of nitrogens with one attached hydrogen (secondary N) is 1. The molecule has 0 aromatic heterocycles. The number of aliphatic carboxylic acids is 1. The first-order chi connectivity index (χ1) is 12.1. The maximum atomic E-state index is 12.5. The third-order valence-corrected chi connectivity index (χ3v) is 3.40. The normalized spacial score (nSPS) is 11.6. The van der Waals surface area contributed by atoms with Crippen LogP contribution in [0.2, 0.25) is 0 Å². The van der Waals surface area contributed by atoms with Crippen molar-refractivity contribution in [1.29, 1.82) is 0 Å². The standard InChI is InChI=1S/C19H21NO5/c1-2-24-18(15-8-4-3-5-9-15)19(23)20-12-14-7-6-10-16(11-14)25-13-17(21)22/h3-11,18H,2,12-13H2,1H3,(H,20,23)(H,21,22). The van der Waals surface area contributed by atoms with Gasteiger partial charge in [-0.25, -0.2) is 4.79 Å². The minimum Gasteiger partial charge on any atom is -0.482 e. The Labute approximate surface area is 146 Å². The Morgan fingerprint density at radius 3 is 2.56 bits per heavy atom. The van der Waals surface area contributed by atoms with E-state index < -0.39 is 18.7 Å². The summed E-state index contributed by atoms with van der Waals surface area (Å²) in [6.07, 6.45) is -0.669. The molecule has 0 bridgehead atoms. The highest BCUT2D eigenvalue weighted by molar-refractivity contribution is 5.82. The second-order valence-corrected chi connectivity index (χ2v) is 5.29. The Hall–Kier alpha value is -2.86. The van der Waals surface area contributed by atoms with Crippen LogP contribution < -0.4 is 10.1 Å². The van der Waals surface area contributed by atoms with Crippen molar-refractivity contribution < 1.29 is 24.2 Å². The molecule has 0 radical (unpaired) electrons. The second kappa shape index (κ2) is 9.44. The number of carbonyl (C=O) groups excluding carboxylic acids is 1. The third-order valence-electron chi connectivity index (χ3n) is 3.40. The predicted molar refractivity (Wildman–Crippen MR) is 92.2 cm³/mol. The molecule has 1 amide bonds. The van der Waals surface area contributed by atoms with Crippen LogP contribution >= 0.6 is 0 Å². The zero-order chi connectivity index (χ0) is 18.1. The van der Waals surface area contributed by atoms with Crippen LogP contribution in [0.3, 0.4) is 0 Å². The first kappa shape index (κ1) is 18.5. The summed E-state index contributed by atoms with van der Waals surface area (Å²) in [4.78, 5) is 23.0. The lowest BCUT2D eigenvalue weighted by molar-refractivity contribution is -0.139. The quantitative estimate of drug-likeness (QED) is 0.731. The molecule has 6 heteroatoms. The number of carboxylic acid groups (broad SMARTS) is 1.